The van der Waals surface area contributed by atoms with E-state index in [1.807, 2.05) is 0 Å². The summed E-state index contributed by atoms with van der Waals surface area (Å²) in [6.07, 6.45) is 1.79. The van der Waals surface area contributed by atoms with Gasteiger partial charge < -0.3 is 15.0 Å². The van der Waals surface area contributed by atoms with Gasteiger partial charge in [0.25, 0.3) is 11.6 Å². The Morgan fingerprint density at radius 3 is 2.81 bits per heavy atom. The number of carbonyl (C=O) groups is 3. The van der Waals surface area contributed by atoms with Gasteiger partial charge in [-0.1, -0.05) is 18.0 Å². The topological polar surface area (TPSA) is 119 Å². The zero-order valence-electron chi connectivity index (χ0n) is 14.8. The predicted molar refractivity (Wildman–Crippen MR) is 97.3 cm³/mol. The molecule has 1 saturated heterocycles. The smallest absolute Gasteiger partial charge is 0.326 e. The molecule has 1 aliphatic rings. The lowest BCUT2D eigenvalue weighted by atomic mass is 10.2. The Labute approximate surface area is 160 Å². The van der Waals surface area contributed by atoms with Gasteiger partial charge in [-0.25, -0.2) is 0 Å². The molecule has 9 nitrogen and oxygen atoms in total. The number of nitrogens with one attached hydrogen (secondary N) is 1. The van der Waals surface area contributed by atoms with Gasteiger partial charge >= 0.3 is 5.97 Å². The number of ether oxygens (including phenoxy) is 1. The summed E-state index contributed by atoms with van der Waals surface area (Å²) in [5.41, 5.74) is -0.194. The summed E-state index contributed by atoms with van der Waals surface area (Å²) >= 11 is 5.93. The van der Waals surface area contributed by atoms with Crippen molar-refractivity contribution >= 4 is 40.8 Å². The van der Waals surface area contributed by atoms with E-state index in [2.05, 4.69) is 5.32 Å². The van der Waals surface area contributed by atoms with Crippen LogP contribution in [-0.4, -0.2) is 46.8 Å². The molecule has 1 heterocycles. The van der Waals surface area contributed by atoms with Crippen molar-refractivity contribution in [2.24, 2.45) is 0 Å². The maximum atomic E-state index is 12.2. The molecule has 1 aliphatic heterocycles. The molecule has 2 rings (SSSR count). The van der Waals surface area contributed by atoms with E-state index >= 15 is 0 Å². The minimum absolute atomic E-state index is 0.0430. The van der Waals surface area contributed by atoms with Crippen LogP contribution in [0.25, 0.3) is 0 Å². The third-order valence-electron chi connectivity index (χ3n) is 4.09. The third kappa shape index (κ3) is 5.92. The minimum Gasteiger partial charge on any atom is -0.451 e. The van der Waals surface area contributed by atoms with E-state index in [0.717, 1.165) is 25.3 Å². The number of halogens is 1. The van der Waals surface area contributed by atoms with Gasteiger partial charge in [0.2, 0.25) is 5.91 Å². The Morgan fingerprint density at radius 2 is 2.11 bits per heavy atom. The van der Waals surface area contributed by atoms with Gasteiger partial charge in [-0.3, -0.25) is 24.5 Å². The van der Waals surface area contributed by atoms with Crippen molar-refractivity contribution in [2.75, 3.05) is 18.4 Å². The summed E-state index contributed by atoms with van der Waals surface area (Å²) < 4.78 is 5.07. The maximum absolute atomic E-state index is 12.2. The predicted octanol–water partition coefficient (Wildman–Crippen LogP) is 2.52. The third-order valence-corrected chi connectivity index (χ3v) is 4.42. The first-order valence-corrected chi connectivity index (χ1v) is 8.88. The van der Waals surface area contributed by atoms with Crippen LogP contribution < -0.4 is 5.32 Å². The number of likely N-dealkylation sites (tertiary alicyclic amines) is 1. The summed E-state index contributed by atoms with van der Waals surface area (Å²) in [5.74, 6) is -1.49. The average molecular weight is 398 g/mol. The molecule has 1 atom stereocenters. The lowest BCUT2D eigenvalue weighted by Crippen LogP contribution is -2.38. The molecule has 0 radical (unpaired) electrons. The number of anilines is 1. The van der Waals surface area contributed by atoms with Crippen molar-refractivity contribution in [3.8, 4) is 0 Å². The number of esters is 1. The monoisotopic (exact) mass is 397 g/mol. The van der Waals surface area contributed by atoms with Gasteiger partial charge in [0.1, 0.15) is 6.54 Å². The molecule has 0 aliphatic carbocycles. The van der Waals surface area contributed by atoms with Crippen LogP contribution in [0.2, 0.25) is 5.02 Å². The molecule has 0 spiro atoms. The van der Waals surface area contributed by atoms with Crippen molar-refractivity contribution in [1.82, 2.24) is 4.90 Å². The number of amides is 2. The Hall–Kier alpha value is -2.68. The van der Waals surface area contributed by atoms with Gasteiger partial charge in [-0.15, -0.1) is 0 Å². The molecule has 146 valence electrons. The number of non-ortho nitro benzene ring substituents is 1. The van der Waals surface area contributed by atoms with Gasteiger partial charge in [0.15, 0.2) is 6.10 Å². The summed E-state index contributed by atoms with van der Waals surface area (Å²) in [5, 5.41) is 13.3. The standard InChI is InChI=1S/C17H20ClN3O6/c1-11(27-16(23)10-20-8-4-2-3-5-15(20)22)17(24)19-14-9-12(21(25)26)6-7-13(14)18/h6-7,9,11H,2-5,8,10H2,1H3,(H,19,24). The highest BCUT2D eigenvalue weighted by molar-refractivity contribution is 6.33. The Bertz CT molecular complexity index is 754. The first-order chi connectivity index (χ1) is 12.8. The Balaban J connectivity index is 1.93. The maximum Gasteiger partial charge on any atom is 0.326 e. The highest BCUT2D eigenvalue weighted by Crippen LogP contribution is 2.26. The molecule has 2 amide bonds. The fraction of sp³-hybridized carbons (Fsp3) is 0.471. The number of nitro benzene ring substituents is 1. The number of nitro groups is 1. The summed E-state index contributed by atoms with van der Waals surface area (Å²) in [4.78, 5) is 47.8. The van der Waals surface area contributed by atoms with Crippen LogP contribution in [0.4, 0.5) is 11.4 Å². The summed E-state index contributed by atoms with van der Waals surface area (Å²) in [6, 6.07) is 3.61. The van der Waals surface area contributed by atoms with Crippen molar-refractivity contribution in [1.29, 1.82) is 0 Å². The normalized spacial score (nSPS) is 15.6. The van der Waals surface area contributed by atoms with Crippen LogP contribution in [-0.2, 0) is 19.1 Å². The van der Waals surface area contributed by atoms with Crippen LogP contribution in [0, 0.1) is 10.1 Å². The van der Waals surface area contributed by atoms with Crippen molar-refractivity contribution in [3.63, 3.8) is 0 Å². The van der Waals surface area contributed by atoms with Gasteiger partial charge in [-0.2, -0.15) is 0 Å². The number of hydrogen-bond donors (Lipinski definition) is 1. The zero-order valence-corrected chi connectivity index (χ0v) is 15.5. The number of carbonyl (C=O) groups excluding carboxylic acids is 3. The second-order valence-corrected chi connectivity index (χ2v) is 6.58. The highest BCUT2D eigenvalue weighted by atomic mass is 35.5. The molecule has 0 bridgehead atoms. The van der Waals surface area contributed by atoms with E-state index in [4.69, 9.17) is 16.3 Å². The highest BCUT2D eigenvalue weighted by Gasteiger charge is 2.24. The van der Waals surface area contributed by atoms with Crippen LogP contribution in [0.15, 0.2) is 18.2 Å². The molecule has 1 aromatic carbocycles. The first-order valence-electron chi connectivity index (χ1n) is 8.50. The zero-order chi connectivity index (χ0) is 20.0. The first kappa shape index (κ1) is 20.6. The van der Waals surface area contributed by atoms with E-state index in [-0.39, 0.29) is 28.8 Å². The molecular weight excluding hydrogens is 378 g/mol. The Kier molecular flexibility index (Phi) is 7.12. The van der Waals surface area contributed by atoms with E-state index in [1.165, 1.54) is 24.0 Å². The quantitative estimate of drug-likeness (QED) is 0.447. The van der Waals surface area contributed by atoms with Crippen molar-refractivity contribution < 1.29 is 24.0 Å². The van der Waals surface area contributed by atoms with Gasteiger partial charge in [-0.05, 0) is 25.8 Å². The Morgan fingerprint density at radius 1 is 1.37 bits per heavy atom. The van der Waals surface area contributed by atoms with Crippen molar-refractivity contribution in [3.05, 3.63) is 33.3 Å². The largest absolute Gasteiger partial charge is 0.451 e. The average Bonchev–Trinajstić information content (AvgIpc) is 2.81. The molecule has 1 unspecified atom stereocenters. The van der Waals surface area contributed by atoms with Crippen LogP contribution >= 0.6 is 11.6 Å². The molecule has 1 aromatic rings. The fourth-order valence-corrected chi connectivity index (χ4v) is 2.77. The lowest BCUT2D eigenvalue weighted by Gasteiger charge is -2.21. The molecule has 0 aromatic heterocycles. The van der Waals surface area contributed by atoms with E-state index in [0.29, 0.717) is 13.0 Å². The number of nitrogens with zero attached hydrogens (tertiary/aromatic N) is 2. The minimum atomic E-state index is -1.16. The summed E-state index contributed by atoms with van der Waals surface area (Å²) in [7, 11) is 0. The number of hydrogen-bond acceptors (Lipinski definition) is 6. The molecule has 0 saturated carbocycles. The molecular formula is C17H20ClN3O6. The molecule has 1 N–H and O–H groups in total. The van der Waals surface area contributed by atoms with Crippen LogP contribution in [0.3, 0.4) is 0 Å². The van der Waals surface area contributed by atoms with Crippen LogP contribution in [0.1, 0.15) is 32.6 Å². The molecule has 27 heavy (non-hydrogen) atoms. The van der Waals surface area contributed by atoms with E-state index < -0.39 is 22.9 Å². The van der Waals surface area contributed by atoms with E-state index in [1.54, 1.807) is 0 Å². The second-order valence-electron chi connectivity index (χ2n) is 6.17. The molecule has 1 fully saturated rings. The fourth-order valence-electron chi connectivity index (χ4n) is 2.61. The number of rotatable bonds is 6. The van der Waals surface area contributed by atoms with Crippen molar-refractivity contribution in [2.45, 2.75) is 38.7 Å². The molecule has 10 heteroatoms. The second kappa shape index (κ2) is 9.31. The van der Waals surface area contributed by atoms with Gasteiger partial charge in [0, 0.05) is 25.1 Å². The van der Waals surface area contributed by atoms with Crippen LogP contribution in [0.5, 0.6) is 0 Å². The van der Waals surface area contributed by atoms with Gasteiger partial charge in [0.05, 0.1) is 15.6 Å². The van der Waals surface area contributed by atoms with E-state index in [9.17, 15) is 24.5 Å². The number of benzene rings is 1. The SMILES string of the molecule is CC(OC(=O)CN1CCCCCC1=O)C(=O)Nc1cc([N+](=O)[O-])ccc1Cl. The lowest BCUT2D eigenvalue weighted by molar-refractivity contribution is -0.384. The summed E-state index contributed by atoms with van der Waals surface area (Å²) in [6.45, 7) is 1.63.